The molecule has 0 aliphatic carbocycles. The molecule has 1 atom stereocenters. The van der Waals surface area contributed by atoms with Gasteiger partial charge in [0.2, 0.25) is 0 Å². The molecule has 0 spiro atoms. The number of carbonyl (C=O) groups is 1. The molecule has 22 heavy (non-hydrogen) atoms. The molecule has 0 saturated heterocycles. The van der Waals surface area contributed by atoms with Gasteiger partial charge in [-0.2, -0.15) is 0 Å². The maximum atomic E-state index is 12.0. The standard InChI is InChI=1S/C18H20O4/c1-13(18(20)22-10-4-3-9-19)14-5-6-16-12-17(21-2)8-7-15(16)11-14/h3-8,11-13,19H,9-10H2,1-2H3/t13-/m0/s1. The molecule has 0 aliphatic rings. The predicted molar refractivity (Wildman–Crippen MR) is 86.1 cm³/mol. The van der Waals surface area contributed by atoms with Gasteiger partial charge >= 0.3 is 5.97 Å². The van der Waals surface area contributed by atoms with Crippen molar-refractivity contribution < 1.29 is 19.4 Å². The van der Waals surface area contributed by atoms with Crippen LogP contribution < -0.4 is 4.74 Å². The van der Waals surface area contributed by atoms with Gasteiger partial charge < -0.3 is 14.6 Å². The monoisotopic (exact) mass is 300 g/mol. The minimum absolute atomic E-state index is 0.0543. The Morgan fingerprint density at radius 2 is 1.91 bits per heavy atom. The third kappa shape index (κ3) is 3.86. The van der Waals surface area contributed by atoms with Gasteiger partial charge in [0, 0.05) is 0 Å². The molecular formula is C18H20O4. The van der Waals surface area contributed by atoms with Gasteiger partial charge in [-0.25, -0.2) is 0 Å². The zero-order chi connectivity index (χ0) is 15.9. The normalized spacial score (nSPS) is 12.5. The van der Waals surface area contributed by atoms with Crippen LogP contribution in [-0.4, -0.2) is 31.4 Å². The number of aliphatic hydroxyl groups excluding tert-OH is 1. The highest BCUT2D eigenvalue weighted by molar-refractivity contribution is 5.86. The number of hydrogen-bond donors (Lipinski definition) is 1. The Morgan fingerprint density at radius 1 is 1.18 bits per heavy atom. The molecule has 116 valence electrons. The Hall–Kier alpha value is -2.33. The van der Waals surface area contributed by atoms with Crippen LogP contribution in [-0.2, 0) is 9.53 Å². The summed E-state index contributed by atoms with van der Waals surface area (Å²) in [5, 5.41) is 10.7. The van der Waals surface area contributed by atoms with Gasteiger partial charge in [-0.05, 0) is 41.5 Å². The van der Waals surface area contributed by atoms with E-state index in [-0.39, 0.29) is 25.1 Å². The summed E-state index contributed by atoms with van der Waals surface area (Å²) >= 11 is 0. The van der Waals surface area contributed by atoms with E-state index in [9.17, 15) is 4.79 Å². The fourth-order valence-corrected chi connectivity index (χ4v) is 2.17. The Bertz CT molecular complexity index is 676. The van der Waals surface area contributed by atoms with E-state index in [1.54, 1.807) is 19.3 Å². The molecule has 0 bridgehead atoms. The number of methoxy groups -OCH3 is 1. The van der Waals surface area contributed by atoms with Crippen molar-refractivity contribution in [2.24, 2.45) is 0 Å². The van der Waals surface area contributed by atoms with Gasteiger partial charge in [0.25, 0.3) is 0 Å². The first-order valence-corrected chi connectivity index (χ1v) is 7.16. The predicted octanol–water partition coefficient (Wildman–Crippen LogP) is 3.04. The van der Waals surface area contributed by atoms with Crippen molar-refractivity contribution >= 4 is 16.7 Å². The number of carbonyl (C=O) groups excluding carboxylic acids is 1. The highest BCUT2D eigenvalue weighted by atomic mass is 16.5. The first-order valence-electron chi connectivity index (χ1n) is 7.16. The molecule has 0 amide bonds. The van der Waals surface area contributed by atoms with E-state index in [1.807, 2.05) is 43.3 Å². The average molecular weight is 300 g/mol. The van der Waals surface area contributed by atoms with Crippen molar-refractivity contribution in [1.29, 1.82) is 0 Å². The lowest BCUT2D eigenvalue weighted by molar-refractivity contribution is -0.143. The fourth-order valence-electron chi connectivity index (χ4n) is 2.17. The van der Waals surface area contributed by atoms with Crippen LogP contribution in [0, 0.1) is 0 Å². The van der Waals surface area contributed by atoms with Crippen molar-refractivity contribution in [3.63, 3.8) is 0 Å². The van der Waals surface area contributed by atoms with Crippen LogP contribution in [0.3, 0.4) is 0 Å². The molecule has 0 radical (unpaired) electrons. The number of ether oxygens (including phenoxy) is 2. The molecule has 0 unspecified atom stereocenters. The lowest BCUT2D eigenvalue weighted by Crippen LogP contribution is -2.13. The number of fused-ring (bicyclic) bond motifs is 1. The second-order valence-corrected chi connectivity index (χ2v) is 4.98. The maximum absolute atomic E-state index is 12.0. The molecule has 0 aliphatic heterocycles. The van der Waals surface area contributed by atoms with E-state index >= 15 is 0 Å². The third-order valence-electron chi connectivity index (χ3n) is 3.52. The SMILES string of the molecule is COc1ccc2cc([C@H](C)C(=O)OCC=CCO)ccc2c1. The van der Waals surface area contributed by atoms with Crippen molar-refractivity contribution in [3.05, 3.63) is 54.1 Å². The summed E-state index contributed by atoms with van der Waals surface area (Å²) in [6.07, 6.45) is 3.17. The van der Waals surface area contributed by atoms with Gasteiger partial charge in [-0.3, -0.25) is 4.79 Å². The largest absolute Gasteiger partial charge is 0.497 e. The van der Waals surface area contributed by atoms with Crippen LogP contribution in [0.15, 0.2) is 48.6 Å². The van der Waals surface area contributed by atoms with Crippen LogP contribution in [0.2, 0.25) is 0 Å². The number of aliphatic hydroxyl groups is 1. The number of esters is 1. The quantitative estimate of drug-likeness (QED) is 0.658. The Labute approximate surface area is 130 Å². The van der Waals surface area contributed by atoms with E-state index in [4.69, 9.17) is 14.6 Å². The molecule has 4 heteroatoms. The van der Waals surface area contributed by atoms with E-state index in [0.717, 1.165) is 22.1 Å². The van der Waals surface area contributed by atoms with Crippen LogP contribution in [0.1, 0.15) is 18.4 Å². The molecule has 0 heterocycles. The van der Waals surface area contributed by atoms with Gasteiger partial charge in [0.1, 0.15) is 12.4 Å². The Morgan fingerprint density at radius 3 is 2.64 bits per heavy atom. The van der Waals surface area contributed by atoms with Gasteiger partial charge in [-0.15, -0.1) is 0 Å². The first-order chi connectivity index (χ1) is 10.7. The van der Waals surface area contributed by atoms with Gasteiger partial charge in [-0.1, -0.05) is 30.3 Å². The average Bonchev–Trinajstić information content (AvgIpc) is 2.56. The number of hydrogen-bond acceptors (Lipinski definition) is 4. The molecule has 0 aromatic heterocycles. The van der Waals surface area contributed by atoms with E-state index in [2.05, 4.69) is 0 Å². The third-order valence-corrected chi connectivity index (χ3v) is 3.52. The minimum Gasteiger partial charge on any atom is -0.497 e. The van der Waals surface area contributed by atoms with Gasteiger partial charge in [0.15, 0.2) is 0 Å². The lowest BCUT2D eigenvalue weighted by Gasteiger charge is -2.12. The van der Waals surface area contributed by atoms with Crippen LogP contribution >= 0.6 is 0 Å². The minimum atomic E-state index is -0.339. The highest BCUT2D eigenvalue weighted by Gasteiger charge is 2.16. The zero-order valence-corrected chi connectivity index (χ0v) is 12.8. The van der Waals surface area contributed by atoms with Crippen LogP contribution in [0.5, 0.6) is 5.75 Å². The number of benzene rings is 2. The van der Waals surface area contributed by atoms with E-state index in [1.165, 1.54) is 0 Å². The van der Waals surface area contributed by atoms with Crippen molar-refractivity contribution in [2.45, 2.75) is 12.8 Å². The molecule has 4 nitrogen and oxygen atoms in total. The second-order valence-electron chi connectivity index (χ2n) is 4.98. The maximum Gasteiger partial charge on any atom is 0.313 e. The Kier molecular flexibility index (Phi) is 5.55. The smallest absolute Gasteiger partial charge is 0.313 e. The summed E-state index contributed by atoms with van der Waals surface area (Å²) in [5.41, 5.74) is 0.911. The van der Waals surface area contributed by atoms with Crippen molar-refractivity contribution in [2.75, 3.05) is 20.3 Å². The first kappa shape index (κ1) is 16.0. The molecule has 0 saturated carbocycles. The highest BCUT2D eigenvalue weighted by Crippen LogP contribution is 2.25. The summed E-state index contributed by atoms with van der Waals surface area (Å²) in [6.45, 7) is 1.94. The Balaban J connectivity index is 2.12. The van der Waals surface area contributed by atoms with Crippen molar-refractivity contribution in [3.8, 4) is 5.75 Å². The second kappa shape index (κ2) is 7.61. The molecular weight excluding hydrogens is 280 g/mol. The van der Waals surface area contributed by atoms with Gasteiger partial charge in [0.05, 0.1) is 19.6 Å². The van der Waals surface area contributed by atoms with Crippen LogP contribution in [0.25, 0.3) is 10.8 Å². The zero-order valence-electron chi connectivity index (χ0n) is 12.8. The number of rotatable bonds is 6. The van der Waals surface area contributed by atoms with Crippen molar-refractivity contribution in [1.82, 2.24) is 0 Å². The topological polar surface area (TPSA) is 55.8 Å². The molecule has 2 aromatic rings. The van der Waals surface area contributed by atoms with E-state index < -0.39 is 0 Å². The molecule has 1 N–H and O–H groups in total. The molecule has 2 aromatic carbocycles. The van der Waals surface area contributed by atoms with Crippen LogP contribution in [0.4, 0.5) is 0 Å². The van der Waals surface area contributed by atoms with E-state index in [0.29, 0.717) is 0 Å². The summed E-state index contributed by atoms with van der Waals surface area (Å²) in [7, 11) is 1.64. The summed E-state index contributed by atoms with van der Waals surface area (Å²) in [5.74, 6) is 0.188. The summed E-state index contributed by atoms with van der Waals surface area (Å²) < 4.78 is 10.4. The summed E-state index contributed by atoms with van der Waals surface area (Å²) in [6, 6.07) is 11.7. The molecule has 0 fully saturated rings. The molecule has 2 rings (SSSR count). The summed E-state index contributed by atoms with van der Waals surface area (Å²) in [4.78, 5) is 12.0. The lowest BCUT2D eigenvalue weighted by atomic mass is 9.98. The fraction of sp³-hybridized carbons (Fsp3) is 0.278.